The Morgan fingerprint density at radius 1 is 1.28 bits per heavy atom. The highest BCUT2D eigenvalue weighted by molar-refractivity contribution is 7.13. The lowest BCUT2D eigenvalue weighted by molar-refractivity contribution is -0.119. The van der Waals surface area contributed by atoms with Crippen LogP contribution in [-0.2, 0) is 11.3 Å². The molecule has 0 saturated carbocycles. The van der Waals surface area contributed by atoms with Crippen molar-refractivity contribution in [1.82, 2.24) is 9.88 Å². The van der Waals surface area contributed by atoms with Crippen molar-refractivity contribution in [1.29, 1.82) is 0 Å². The number of nitrogens with two attached hydrogens (primary N) is 1. The van der Waals surface area contributed by atoms with E-state index in [0.717, 1.165) is 43.4 Å². The molecule has 0 bridgehead atoms. The third-order valence-corrected chi connectivity index (χ3v) is 4.90. The van der Waals surface area contributed by atoms with Gasteiger partial charge in [0.1, 0.15) is 0 Å². The number of methoxy groups -OCH3 is 1. The van der Waals surface area contributed by atoms with E-state index in [-0.39, 0.29) is 6.61 Å². The van der Waals surface area contributed by atoms with E-state index in [1.165, 1.54) is 0 Å². The first-order valence-electron chi connectivity index (χ1n) is 8.10. The van der Waals surface area contributed by atoms with Crippen LogP contribution in [0.2, 0.25) is 0 Å². The summed E-state index contributed by atoms with van der Waals surface area (Å²) >= 11 is 1.68. The first-order chi connectivity index (χ1) is 12.2. The minimum Gasteiger partial charge on any atom is -0.493 e. The van der Waals surface area contributed by atoms with Crippen molar-refractivity contribution in [2.75, 3.05) is 44.8 Å². The first kappa shape index (κ1) is 17.5. The number of aromatic nitrogens is 1. The monoisotopic (exact) mass is 362 g/mol. The van der Waals surface area contributed by atoms with Gasteiger partial charge in [0.15, 0.2) is 23.2 Å². The molecule has 1 aliphatic rings. The van der Waals surface area contributed by atoms with Crippen LogP contribution in [0.3, 0.4) is 0 Å². The second-order valence-corrected chi connectivity index (χ2v) is 6.69. The molecule has 0 atom stereocenters. The van der Waals surface area contributed by atoms with Crippen LogP contribution >= 0.6 is 11.3 Å². The highest BCUT2D eigenvalue weighted by atomic mass is 32.1. The molecule has 2 N–H and O–H groups in total. The summed E-state index contributed by atoms with van der Waals surface area (Å²) in [5, 5.41) is 3.10. The maximum absolute atomic E-state index is 10.9. The lowest BCUT2D eigenvalue weighted by Crippen LogP contribution is -2.45. The quantitative estimate of drug-likeness (QED) is 0.801. The summed E-state index contributed by atoms with van der Waals surface area (Å²) in [5.41, 5.74) is 6.26. The van der Waals surface area contributed by atoms with Crippen LogP contribution in [0, 0.1) is 0 Å². The Kier molecular flexibility index (Phi) is 5.72. The second kappa shape index (κ2) is 8.17. The van der Waals surface area contributed by atoms with Crippen LogP contribution in [0.1, 0.15) is 5.56 Å². The molecule has 1 amide bonds. The van der Waals surface area contributed by atoms with Crippen LogP contribution in [0.4, 0.5) is 5.13 Å². The van der Waals surface area contributed by atoms with Crippen LogP contribution < -0.4 is 20.1 Å². The third kappa shape index (κ3) is 4.61. The highest BCUT2D eigenvalue weighted by Gasteiger charge is 2.19. The Hall–Kier alpha value is -2.32. The third-order valence-electron chi connectivity index (χ3n) is 4.07. The summed E-state index contributed by atoms with van der Waals surface area (Å²) in [6, 6.07) is 5.76. The number of primary amides is 1. The lowest BCUT2D eigenvalue weighted by atomic mass is 10.1. The number of hydrogen-bond donors (Lipinski definition) is 1. The maximum atomic E-state index is 10.9. The maximum Gasteiger partial charge on any atom is 0.255 e. The van der Waals surface area contributed by atoms with Gasteiger partial charge < -0.3 is 20.1 Å². The number of anilines is 1. The van der Waals surface area contributed by atoms with Crippen molar-refractivity contribution < 1.29 is 14.3 Å². The smallest absolute Gasteiger partial charge is 0.255 e. The van der Waals surface area contributed by atoms with E-state index in [4.69, 9.17) is 15.2 Å². The normalized spacial score (nSPS) is 15.2. The molecule has 0 spiro atoms. The van der Waals surface area contributed by atoms with E-state index in [2.05, 4.69) is 14.8 Å². The number of nitrogens with zero attached hydrogens (tertiary/aromatic N) is 3. The molecule has 2 heterocycles. The van der Waals surface area contributed by atoms with E-state index in [9.17, 15) is 4.79 Å². The number of hydrogen-bond acceptors (Lipinski definition) is 7. The molecule has 3 rings (SSSR count). The molecule has 7 nitrogen and oxygen atoms in total. The van der Waals surface area contributed by atoms with Gasteiger partial charge in [0.25, 0.3) is 5.91 Å². The predicted octanol–water partition coefficient (Wildman–Crippen LogP) is 1.34. The Bertz CT molecular complexity index is 700. The topological polar surface area (TPSA) is 80.9 Å². The molecule has 0 unspecified atom stereocenters. The van der Waals surface area contributed by atoms with Gasteiger partial charge >= 0.3 is 0 Å². The molecule has 1 aromatic heterocycles. The Morgan fingerprint density at radius 3 is 2.72 bits per heavy atom. The molecule has 134 valence electrons. The van der Waals surface area contributed by atoms with Crippen LogP contribution in [0.25, 0.3) is 0 Å². The zero-order valence-electron chi connectivity index (χ0n) is 14.2. The molecule has 1 aromatic carbocycles. The first-order valence-corrected chi connectivity index (χ1v) is 8.98. The average Bonchev–Trinajstić information content (AvgIpc) is 3.15. The number of thiazole rings is 1. The van der Waals surface area contributed by atoms with Gasteiger partial charge in [-0.25, -0.2) is 4.98 Å². The van der Waals surface area contributed by atoms with Crippen molar-refractivity contribution in [3.05, 3.63) is 35.3 Å². The summed E-state index contributed by atoms with van der Waals surface area (Å²) in [5.74, 6) is 0.628. The standard InChI is InChI=1S/C17H22N4O3S/c1-23-15-10-13(2-3-14(15)24-12-16(18)22)11-20-5-7-21(8-6-20)17-19-4-9-25-17/h2-4,9-10H,5-8,11-12H2,1H3,(H2,18,22). The fourth-order valence-electron chi connectivity index (χ4n) is 2.81. The number of rotatable bonds is 7. The van der Waals surface area contributed by atoms with Crippen LogP contribution in [0.5, 0.6) is 11.5 Å². The predicted molar refractivity (Wildman–Crippen MR) is 97.3 cm³/mol. The number of carbonyl (C=O) groups is 1. The number of carbonyl (C=O) groups excluding carboxylic acids is 1. The number of amides is 1. The Labute approximate surface area is 151 Å². The van der Waals surface area contributed by atoms with Gasteiger partial charge in [-0.15, -0.1) is 11.3 Å². The van der Waals surface area contributed by atoms with E-state index in [0.29, 0.717) is 11.5 Å². The van der Waals surface area contributed by atoms with Crippen LogP contribution in [0.15, 0.2) is 29.8 Å². The SMILES string of the molecule is COc1cc(CN2CCN(c3nccs3)CC2)ccc1OCC(N)=O. The van der Waals surface area contributed by atoms with E-state index in [1.807, 2.05) is 29.8 Å². The van der Waals surface area contributed by atoms with Crippen molar-refractivity contribution in [2.45, 2.75) is 6.54 Å². The molecule has 1 aliphatic heterocycles. The minimum atomic E-state index is -0.510. The molecule has 8 heteroatoms. The molecule has 25 heavy (non-hydrogen) atoms. The lowest BCUT2D eigenvalue weighted by Gasteiger charge is -2.34. The molecular formula is C17H22N4O3S. The van der Waals surface area contributed by atoms with Crippen molar-refractivity contribution in [2.24, 2.45) is 5.73 Å². The minimum absolute atomic E-state index is 0.158. The summed E-state index contributed by atoms with van der Waals surface area (Å²) < 4.78 is 10.7. The van der Waals surface area contributed by atoms with Gasteiger partial charge in [0, 0.05) is 44.3 Å². The molecule has 0 aliphatic carbocycles. The molecular weight excluding hydrogens is 340 g/mol. The Morgan fingerprint density at radius 2 is 2.08 bits per heavy atom. The summed E-state index contributed by atoms with van der Waals surface area (Å²) in [6.07, 6.45) is 1.85. The van der Waals surface area contributed by atoms with Gasteiger partial charge in [-0.2, -0.15) is 0 Å². The van der Waals surface area contributed by atoms with Crippen molar-refractivity contribution in [3.63, 3.8) is 0 Å². The van der Waals surface area contributed by atoms with Gasteiger partial charge in [-0.3, -0.25) is 9.69 Å². The molecule has 1 fully saturated rings. The zero-order valence-corrected chi connectivity index (χ0v) is 15.0. The fourth-order valence-corrected chi connectivity index (χ4v) is 3.50. The van der Waals surface area contributed by atoms with Crippen LogP contribution in [-0.4, -0.2) is 55.7 Å². The highest BCUT2D eigenvalue weighted by Crippen LogP contribution is 2.29. The number of ether oxygens (including phenoxy) is 2. The van der Waals surface area contributed by atoms with Gasteiger partial charge in [-0.1, -0.05) is 6.07 Å². The Balaban J connectivity index is 1.57. The fraction of sp³-hybridized carbons (Fsp3) is 0.412. The van der Waals surface area contributed by atoms with E-state index in [1.54, 1.807) is 18.4 Å². The summed E-state index contributed by atoms with van der Waals surface area (Å²) in [4.78, 5) is 20.0. The van der Waals surface area contributed by atoms with E-state index < -0.39 is 5.91 Å². The van der Waals surface area contributed by atoms with E-state index >= 15 is 0 Å². The summed E-state index contributed by atoms with van der Waals surface area (Å²) in [7, 11) is 1.59. The number of benzene rings is 1. The van der Waals surface area contributed by atoms with Crippen molar-refractivity contribution >= 4 is 22.4 Å². The summed E-state index contributed by atoms with van der Waals surface area (Å²) in [6.45, 7) is 4.62. The largest absolute Gasteiger partial charge is 0.493 e. The molecule has 0 radical (unpaired) electrons. The van der Waals surface area contributed by atoms with Gasteiger partial charge in [0.05, 0.1) is 7.11 Å². The molecule has 2 aromatic rings. The van der Waals surface area contributed by atoms with Crippen molar-refractivity contribution in [3.8, 4) is 11.5 Å². The number of piperazine rings is 1. The average molecular weight is 362 g/mol. The zero-order chi connectivity index (χ0) is 17.6. The van der Waals surface area contributed by atoms with Gasteiger partial charge in [-0.05, 0) is 17.7 Å². The second-order valence-electron chi connectivity index (χ2n) is 5.82. The van der Waals surface area contributed by atoms with Gasteiger partial charge in [0.2, 0.25) is 0 Å². The molecule has 1 saturated heterocycles.